The maximum Gasteiger partial charge on any atom is 0.306 e. The molecule has 6 heteroatoms. The molecule has 2 rings (SSSR count). The summed E-state index contributed by atoms with van der Waals surface area (Å²) in [5, 5.41) is 2.78. The van der Waals surface area contributed by atoms with Crippen molar-refractivity contribution in [2.45, 2.75) is 46.6 Å². The van der Waals surface area contributed by atoms with Crippen molar-refractivity contribution >= 4 is 29.1 Å². The fraction of sp³-hybridized carbons (Fsp3) is 0.333. The van der Waals surface area contributed by atoms with Gasteiger partial charge in [0.05, 0.1) is 6.42 Å². The van der Waals surface area contributed by atoms with Crippen molar-refractivity contribution < 1.29 is 23.9 Å². The first-order valence-corrected chi connectivity index (χ1v) is 9.81. The highest BCUT2D eigenvalue weighted by atomic mass is 16.5. The molecule has 0 saturated carbocycles. The molecule has 0 aliphatic rings. The number of hydrogen-bond acceptors (Lipinski definition) is 5. The summed E-state index contributed by atoms with van der Waals surface area (Å²) < 4.78 is 5.18. The van der Waals surface area contributed by atoms with E-state index in [2.05, 4.69) is 5.32 Å². The van der Waals surface area contributed by atoms with Gasteiger partial charge in [0.1, 0.15) is 0 Å². The van der Waals surface area contributed by atoms with E-state index in [0.29, 0.717) is 16.8 Å². The molecule has 0 heterocycles. The van der Waals surface area contributed by atoms with Crippen LogP contribution in [0.25, 0.3) is 0 Å². The van der Waals surface area contributed by atoms with E-state index in [1.54, 1.807) is 48.5 Å². The highest BCUT2D eigenvalue weighted by Crippen LogP contribution is 2.18. The lowest BCUT2D eigenvalue weighted by atomic mass is 9.95. The molecule has 1 N–H and O–H groups in total. The van der Waals surface area contributed by atoms with Crippen molar-refractivity contribution in [3.63, 3.8) is 0 Å². The molecule has 0 bridgehead atoms. The van der Waals surface area contributed by atoms with Crippen molar-refractivity contribution in [3.05, 3.63) is 65.7 Å². The summed E-state index contributed by atoms with van der Waals surface area (Å²) in [5.74, 6) is -1.24. The zero-order valence-electron chi connectivity index (χ0n) is 17.7. The molecule has 0 spiro atoms. The molecule has 0 radical (unpaired) electrons. The average Bonchev–Trinajstić information content (AvgIpc) is 2.72. The van der Waals surface area contributed by atoms with Gasteiger partial charge < -0.3 is 10.1 Å². The third-order valence-electron chi connectivity index (χ3n) is 4.44. The molecule has 6 nitrogen and oxygen atoms in total. The number of ketones is 2. The second kappa shape index (κ2) is 9.96. The predicted molar refractivity (Wildman–Crippen MR) is 114 cm³/mol. The van der Waals surface area contributed by atoms with Crippen LogP contribution < -0.4 is 5.32 Å². The number of hydrogen-bond donors (Lipinski definition) is 1. The van der Waals surface area contributed by atoms with Gasteiger partial charge in [0, 0.05) is 28.7 Å². The molecule has 0 aliphatic heterocycles. The lowest BCUT2D eigenvalue weighted by Crippen LogP contribution is -2.27. The summed E-state index contributed by atoms with van der Waals surface area (Å²) in [5.41, 5.74) is 0.951. The molecule has 0 saturated heterocycles. The fourth-order valence-corrected chi connectivity index (χ4v) is 2.56. The van der Waals surface area contributed by atoms with Crippen molar-refractivity contribution in [2.24, 2.45) is 5.41 Å². The number of carbonyl (C=O) groups is 4. The summed E-state index contributed by atoms with van der Waals surface area (Å²) in [4.78, 5) is 48.6. The van der Waals surface area contributed by atoms with E-state index in [-0.39, 0.29) is 30.3 Å². The van der Waals surface area contributed by atoms with Crippen molar-refractivity contribution in [3.8, 4) is 0 Å². The minimum Gasteiger partial charge on any atom is -0.454 e. The molecular formula is C24H27NO5. The highest BCUT2D eigenvalue weighted by Gasteiger charge is 2.22. The largest absolute Gasteiger partial charge is 0.454 e. The minimum atomic E-state index is -0.973. The molecule has 30 heavy (non-hydrogen) atoms. The highest BCUT2D eigenvalue weighted by molar-refractivity contribution is 6.01. The van der Waals surface area contributed by atoms with Crippen LogP contribution in [0, 0.1) is 5.41 Å². The monoisotopic (exact) mass is 409 g/mol. The maximum absolute atomic E-state index is 12.5. The number of Topliss-reactive ketones (excluding diaryl/α,β-unsaturated/α-hetero) is 2. The SMILES string of the molecule is CC(OC(=O)CCC(=O)c1ccccc1)C(=O)c1ccc(NC(=O)C(C)(C)C)cc1. The number of ether oxygens (including phenoxy) is 1. The Balaban J connectivity index is 1.86. The van der Waals surface area contributed by atoms with Gasteiger partial charge in [-0.3, -0.25) is 19.2 Å². The lowest BCUT2D eigenvalue weighted by Gasteiger charge is -2.18. The fourth-order valence-electron chi connectivity index (χ4n) is 2.56. The Morgan fingerprint density at radius 2 is 1.47 bits per heavy atom. The maximum atomic E-state index is 12.5. The van der Waals surface area contributed by atoms with Crippen molar-refractivity contribution in [2.75, 3.05) is 5.32 Å². The van der Waals surface area contributed by atoms with Crippen LogP contribution >= 0.6 is 0 Å². The van der Waals surface area contributed by atoms with Crippen LogP contribution in [0.3, 0.4) is 0 Å². The Kier molecular flexibility index (Phi) is 7.64. The van der Waals surface area contributed by atoms with Gasteiger partial charge in [-0.1, -0.05) is 51.1 Å². The number of anilines is 1. The number of rotatable bonds is 8. The Morgan fingerprint density at radius 1 is 0.867 bits per heavy atom. The van der Waals surface area contributed by atoms with Gasteiger partial charge in [-0.2, -0.15) is 0 Å². The molecule has 0 fully saturated rings. The first-order chi connectivity index (χ1) is 14.1. The van der Waals surface area contributed by atoms with E-state index >= 15 is 0 Å². The smallest absolute Gasteiger partial charge is 0.306 e. The number of amides is 1. The zero-order chi connectivity index (χ0) is 22.3. The van der Waals surface area contributed by atoms with E-state index in [4.69, 9.17) is 4.74 Å². The first-order valence-electron chi connectivity index (χ1n) is 9.81. The van der Waals surface area contributed by atoms with Gasteiger partial charge in [-0.05, 0) is 31.2 Å². The third kappa shape index (κ3) is 6.65. The Labute approximate surface area is 176 Å². The van der Waals surface area contributed by atoms with Gasteiger partial charge in [0.2, 0.25) is 11.7 Å². The molecule has 0 aromatic heterocycles. The Bertz CT molecular complexity index is 911. The second-order valence-electron chi connectivity index (χ2n) is 8.07. The molecule has 1 atom stereocenters. The Hall–Kier alpha value is -3.28. The molecular weight excluding hydrogens is 382 g/mol. The molecule has 2 aromatic carbocycles. The first kappa shape index (κ1) is 23.0. The van der Waals surface area contributed by atoms with Gasteiger partial charge in [-0.25, -0.2) is 0 Å². The van der Waals surface area contributed by atoms with E-state index in [1.807, 2.05) is 26.8 Å². The predicted octanol–water partition coefficient (Wildman–Crippen LogP) is 4.45. The number of esters is 1. The summed E-state index contributed by atoms with van der Waals surface area (Å²) in [6, 6.07) is 15.1. The lowest BCUT2D eigenvalue weighted by molar-refractivity contribution is -0.146. The number of nitrogens with one attached hydrogen (secondary N) is 1. The van der Waals surface area contributed by atoms with Gasteiger partial charge >= 0.3 is 5.97 Å². The van der Waals surface area contributed by atoms with Crippen LogP contribution in [-0.4, -0.2) is 29.5 Å². The van der Waals surface area contributed by atoms with Gasteiger partial charge in [0.25, 0.3) is 0 Å². The minimum absolute atomic E-state index is 0.0198. The standard InChI is InChI=1S/C24H27NO5/c1-16(30-21(27)15-14-20(26)17-8-6-5-7-9-17)22(28)18-10-12-19(13-11-18)25-23(29)24(2,3)4/h5-13,16H,14-15H2,1-4H3,(H,25,29). The quantitative estimate of drug-likeness (QED) is 0.514. The van der Waals surface area contributed by atoms with Crippen LogP contribution in [0.5, 0.6) is 0 Å². The Morgan fingerprint density at radius 3 is 2.03 bits per heavy atom. The van der Waals surface area contributed by atoms with E-state index in [9.17, 15) is 19.2 Å². The van der Waals surface area contributed by atoms with Crippen LogP contribution in [0.15, 0.2) is 54.6 Å². The van der Waals surface area contributed by atoms with E-state index < -0.39 is 17.5 Å². The van der Waals surface area contributed by atoms with Crippen LogP contribution in [0.2, 0.25) is 0 Å². The third-order valence-corrected chi connectivity index (χ3v) is 4.44. The normalized spacial score (nSPS) is 12.0. The van der Waals surface area contributed by atoms with Crippen molar-refractivity contribution in [1.82, 2.24) is 0 Å². The average molecular weight is 409 g/mol. The van der Waals surface area contributed by atoms with E-state index in [1.165, 1.54) is 6.92 Å². The van der Waals surface area contributed by atoms with E-state index in [0.717, 1.165) is 0 Å². The van der Waals surface area contributed by atoms with Crippen LogP contribution in [-0.2, 0) is 14.3 Å². The van der Waals surface area contributed by atoms with Gasteiger partial charge in [0.15, 0.2) is 11.9 Å². The summed E-state index contributed by atoms with van der Waals surface area (Å²) in [6.07, 6.45) is -1.05. The molecule has 0 aliphatic carbocycles. The molecule has 1 amide bonds. The number of benzene rings is 2. The zero-order valence-corrected chi connectivity index (χ0v) is 17.7. The summed E-state index contributed by atoms with van der Waals surface area (Å²) in [6.45, 7) is 6.92. The molecule has 1 unspecified atom stereocenters. The molecule has 158 valence electrons. The topological polar surface area (TPSA) is 89.5 Å². The summed E-state index contributed by atoms with van der Waals surface area (Å²) >= 11 is 0. The van der Waals surface area contributed by atoms with Crippen molar-refractivity contribution in [1.29, 1.82) is 0 Å². The van der Waals surface area contributed by atoms with Gasteiger partial charge in [-0.15, -0.1) is 0 Å². The number of carbonyl (C=O) groups excluding carboxylic acids is 4. The molecule has 2 aromatic rings. The second-order valence-corrected chi connectivity index (χ2v) is 8.07. The summed E-state index contributed by atoms with van der Waals surface area (Å²) in [7, 11) is 0. The van der Waals surface area contributed by atoms with Crippen LogP contribution in [0.1, 0.15) is 61.3 Å². The van der Waals surface area contributed by atoms with Crippen LogP contribution in [0.4, 0.5) is 5.69 Å².